The van der Waals surface area contributed by atoms with E-state index in [4.69, 9.17) is 32.3 Å². The molecule has 0 saturated heterocycles. The average molecular weight is 1620 g/mol. The summed E-state index contributed by atoms with van der Waals surface area (Å²) < 4.78 is 61.4. The maximum absolute atomic E-state index is 13.1. The highest BCUT2D eigenvalue weighted by Gasteiger charge is 2.29. The van der Waals surface area contributed by atoms with Crippen molar-refractivity contribution in [2.75, 3.05) is 39.6 Å². The van der Waals surface area contributed by atoms with Crippen molar-refractivity contribution in [2.45, 2.75) is 386 Å². The van der Waals surface area contributed by atoms with Gasteiger partial charge in [-0.3, -0.25) is 32.5 Å². The van der Waals surface area contributed by atoms with Crippen LogP contribution in [0.4, 0.5) is 0 Å². The molecule has 18 heteroatoms. The summed E-state index contributed by atoms with van der Waals surface area (Å²) >= 11 is 0. The molecule has 0 spiro atoms. The number of aliphatic hydroxyl groups excluding tert-OH is 2. The molecule has 0 aliphatic heterocycles. The Kier molecular flexibility index (Phi) is 82.8. The summed E-state index contributed by atoms with van der Waals surface area (Å²) in [6, 6.07) is 0. The molecular formula is C95H162O16P2. The first-order valence-corrected chi connectivity index (χ1v) is 47.8. The largest absolute Gasteiger partial charge is 0.472 e. The fourth-order valence-corrected chi connectivity index (χ4v) is 13.5. The lowest BCUT2D eigenvalue weighted by Gasteiger charge is -2.21. The minimum absolute atomic E-state index is 0.0850. The Hall–Kier alpha value is -4.83. The number of hydrogen-bond acceptors (Lipinski definition) is 14. The Balaban J connectivity index is 4.62. The van der Waals surface area contributed by atoms with E-state index in [1.807, 2.05) is 0 Å². The van der Waals surface area contributed by atoms with E-state index in [2.05, 4.69) is 179 Å². The Labute approximate surface area is 689 Å². The third-order valence-electron chi connectivity index (χ3n) is 18.7. The predicted molar refractivity (Wildman–Crippen MR) is 472 cm³/mol. The lowest BCUT2D eigenvalue weighted by Crippen LogP contribution is -2.30. The van der Waals surface area contributed by atoms with Crippen molar-refractivity contribution < 1.29 is 75.8 Å². The van der Waals surface area contributed by atoms with E-state index in [9.17, 15) is 43.5 Å². The Morgan fingerprint density at radius 3 is 0.743 bits per heavy atom. The first-order valence-electron chi connectivity index (χ1n) is 44.8. The molecule has 0 fully saturated rings. The Bertz CT molecular complexity index is 2680. The molecule has 0 aliphatic carbocycles. The quantitative estimate of drug-likeness (QED) is 0.0146. The molecule has 0 aromatic carbocycles. The highest BCUT2D eigenvalue weighted by Crippen LogP contribution is 2.45. The van der Waals surface area contributed by atoms with Gasteiger partial charge in [-0.2, -0.15) is 0 Å². The molecule has 0 bridgehead atoms. The number of ether oxygens (including phenoxy) is 3. The van der Waals surface area contributed by atoms with Crippen LogP contribution in [0.15, 0.2) is 158 Å². The summed E-state index contributed by atoms with van der Waals surface area (Å²) in [5.74, 6) is -1.60. The molecule has 5 unspecified atom stereocenters. The van der Waals surface area contributed by atoms with Gasteiger partial charge < -0.3 is 34.2 Å². The van der Waals surface area contributed by atoms with Gasteiger partial charge in [0.25, 0.3) is 0 Å². The summed E-state index contributed by atoms with van der Waals surface area (Å²) in [4.78, 5) is 58.9. The summed E-state index contributed by atoms with van der Waals surface area (Å²) in [7, 11) is -9.82. The maximum Gasteiger partial charge on any atom is 0.472 e. The van der Waals surface area contributed by atoms with E-state index in [1.165, 1.54) is 128 Å². The number of rotatable bonds is 84. The van der Waals surface area contributed by atoms with Gasteiger partial charge in [-0.1, -0.05) is 352 Å². The molecule has 0 radical (unpaired) electrons. The molecular weight excluding hydrogens is 1460 g/mol. The van der Waals surface area contributed by atoms with Crippen LogP contribution < -0.4 is 0 Å². The summed E-state index contributed by atoms with van der Waals surface area (Å²) in [5.41, 5.74) is 0. The minimum atomic E-state index is -4.95. The third kappa shape index (κ3) is 87.8. The van der Waals surface area contributed by atoms with Crippen molar-refractivity contribution in [1.29, 1.82) is 0 Å². The monoisotopic (exact) mass is 1620 g/mol. The van der Waals surface area contributed by atoms with Crippen LogP contribution in [0.2, 0.25) is 0 Å². The van der Waals surface area contributed by atoms with Crippen LogP contribution in [-0.2, 0) is 55.8 Å². The van der Waals surface area contributed by atoms with Gasteiger partial charge in [0.1, 0.15) is 25.4 Å². The molecule has 4 N–H and O–H groups in total. The molecule has 648 valence electrons. The smallest absolute Gasteiger partial charge is 0.463 e. The van der Waals surface area contributed by atoms with Gasteiger partial charge in [0.15, 0.2) is 6.10 Å². The van der Waals surface area contributed by atoms with Gasteiger partial charge in [0.05, 0.1) is 26.4 Å². The molecule has 16 nitrogen and oxygen atoms in total. The fourth-order valence-electron chi connectivity index (χ4n) is 11.9. The zero-order valence-corrected chi connectivity index (χ0v) is 73.0. The number of esters is 3. The van der Waals surface area contributed by atoms with E-state index >= 15 is 0 Å². The van der Waals surface area contributed by atoms with E-state index in [-0.39, 0.29) is 19.3 Å². The molecule has 0 aromatic heterocycles. The third-order valence-corrected chi connectivity index (χ3v) is 20.6. The summed E-state index contributed by atoms with van der Waals surface area (Å²) in [6.45, 7) is 2.52. The lowest BCUT2D eigenvalue weighted by molar-refractivity contribution is -0.161. The minimum Gasteiger partial charge on any atom is -0.463 e. The zero-order chi connectivity index (χ0) is 82.2. The molecule has 5 atom stereocenters. The number of phosphoric acid groups is 2. The normalized spacial score (nSPS) is 14.6. The standard InChI is InChI=1S/C95H162O16P2/c1-4-7-10-13-16-19-22-25-28-31-34-37-40-41-42-43-44-45-46-47-50-52-54-57-60-63-66-69-72-75-78-81-93(98)105-84-90(96)85-107-112(101,102)108-86-91(97)87-109-113(103,104)110-89-92(111-95(100)83-80-77-74-71-68-65-62-59-56-53-49-39-36-33-30-27-24-21-18-15-12-9-6-3)88-106-94(99)82-79-76-73-70-67-64-61-58-55-51-48-38-35-32-29-26-23-20-17-14-11-8-5-2/h8,11,16-21,25-30,34-39,41-42,51,53,55-56,90-92,96-97H,4-7,9-10,12-15,22-24,31-33,40,43-50,52,54,57-89H2,1-3H3,(H,101,102)(H,103,104)/b11-8-,19-16-,20-17-,21-18-,28-25-,29-26-,30-27-,37-34-,38-35-,39-36-,42-41-,55-51-,56-53-. The highest BCUT2D eigenvalue weighted by atomic mass is 31.2. The fraction of sp³-hybridized carbons (Fsp3) is 0.695. The maximum atomic E-state index is 13.1. The van der Waals surface area contributed by atoms with Gasteiger partial charge in [-0.25, -0.2) is 9.13 Å². The van der Waals surface area contributed by atoms with Crippen molar-refractivity contribution in [1.82, 2.24) is 0 Å². The molecule has 113 heavy (non-hydrogen) atoms. The number of hydrogen-bond donors (Lipinski definition) is 4. The molecule has 0 amide bonds. The molecule has 0 rings (SSSR count). The van der Waals surface area contributed by atoms with Crippen molar-refractivity contribution >= 4 is 33.6 Å². The molecule has 0 saturated carbocycles. The van der Waals surface area contributed by atoms with Crippen molar-refractivity contribution in [3.05, 3.63) is 158 Å². The van der Waals surface area contributed by atoms with E-state index in [0.717, 1.165) is 180 Å². The first-order chi connectivity index (χ1) is 55.2. The summed E-state index contributed by atoms with van der Waals surface area (Å²) in [6.07, 6.45) is 110. The highest BCUT2D eigenvalue weighted by molar-refractivity contribution is 7.47. The van der Waals surface area contributed by atoms with E-state index in [0.29, 0.717) is 19.3 Å². The van der Waals surface area contributed by atoms with Crippen LogP contribution in [0.25, 0.3) is 0 Å². The van der Waals surface area contributed by atoms with Crippen LogP contribution in [0.1, 0.15) is 367 Å². The van der Waals surface area contributed by atoms with Gasteiger partial charge >= 0.3 is 33.6 Å². The van der Waals surface area contributed by atoms with E-state index in [1.54, 1.807) is 0 Å². The second kappa shape index (κ2) is 86.5. The van der Waals surface area contributed by atoms with Gasteiger partial charge in [-0.05, 0) is 154 Å². The van der Waals surface area contributed by atoms with Crippen molar-refractivity contribution in [3.8, 4) is 0 Å². The van der Waals surface area contributed by atoms with Crippen LogP contribution in [0, 0.1) is 0 Å². The number of carbonyl (C=O) groups excluding carboxylic acids is 3. The second-order valence-corrected chi connectivity index (χ2v) is 32.6. The van der Waals surface area contributed by atoms with Crippen LogP contribution in [0.5, 0.6) is 0 Å². The van der Waals surface area contributed by atoms with Crippen LogP contribution >= 0.6 is 15.6 Å². The van der Waals surface area contributed by atoms with Crippen molar-refractivity contribution in [3.63, 3.8) is 0 Å². The van der Waals surface area contributed by atoms with E-state index < -0.39 is 91.5 Å². The number of phosphoric ester groups is 2. The topological polar surface area (TPSA) is 231 Å². The van der Waals surface area contributed by atoms with Crippen LogP contribution in [-0.4, -0.2) is 95.9 Å². The predicted octanol–water partition coefficient (Wildman–Crippen LogP) is 27.3. The van der Waals surface area contributed by atoms with Gasteiger partial charge in [-0.15, -0.1) is 0 Å². The average Bonchev–Trinajstić information content (AvgIpc) is 0.902. The molecule has 0 heterocycles. The Morgan fingerprint density at radius 2 is 0.469 bits per heavy atom. The number of carbonyl (C=O) groups is 3. The lowest BCUT2D eigenvalue weighted by atomic mass is 10.0. The molecule has 0 aliphatic rings. The summed E-state index contributed by atoms with van der Waals surface area (Å²) in [5, 5.41) is 20.7. The van der Waals surface area contributed by atoms with Crippen molar-refractivity contribution in [2.24, 2.45) is 0 Å². The molecule has 0 aromatic rings. The van der Waals surface area contributed by atoms with Gasteiger partial charge in [0, 0.05) is 19.3 Å². The van der Waals surface area contributed by atoms with Gasteiger partial charge in [0.2, 0.25) is 0 Å². The first kappa shape index (κ1) is 108. The van der Waals surface area contributed by atoms with Crippen LogP contribution in [0.3, 0.4) is 0 Å². The zero-order valence-electron chi connectivity index (χ0n) is 71.3. The number of unbranched alkanes of at least 4 members (excludes halogenated alkanes) is 35. The Morgan fingerprint density at radius 1 is 0.257 bits per heavy atom. The SMILES string of the molecule is CC/C=C\C/C=C\C/C=C\C/C=C\C/C=C\CCCCCCCCCC(=O)OCC(COP(=O)(O)OCC(O)COP(=O)(O)OCC(O)COC(=O)CCCCCCCCCCCCCCCCC/C=C\C/C=C\C/C=C\C/C=C\CCCCC)OC(=O)CCCCCCCCC/C=C\C/C=C\C/C=C\C/C=C\CCCCC. The number of aliphatic hydroxyl groups is 2. The number of allylic oxidation sites excluding steroid dienone is 26. The second-order valence-electron chi connectivity index (χ2n) is 29.7.